The number of rotatable bonds is 7. The van der Waals surface area contributed by atoms with E-state index in [0.717, 1.165) is 35.9 Å². The Morgan fingerprint density at radius 2 is 2.04 bits per heavy atom. The number of amides is 1. The predicted octanol–water partition coefficient (Wildman–Crippen LogP) is 4.00. The van der Waals surface area contributed by atoms with Gasteiger partial charge in [-0.3, -0.25) is 14.2 Å². The van der Waals surface area contributed by atoms with Crippen molar-refractivity contribution in [3.8, 4) is 0 Å². The highest BCUT2D eigenvalue weighted by molar-refractivity contribution is 8.00. The molecule has 3 rings (SSSR count). The molecule has 0 aliphatic heterocycles. The second-order valence-electron chi connectivity index (χ2n) is 7.58. The van der Waals surface area contributed by atoms with Gasteiger partial charge in [0.25, 0.3) is 5.56 Å². The van der Waals surface area contributed by atoms with Gasteiger partial charge in [0.1, 0.15) is 4.83 Å². The minimum absolute atomic E-state index is 0.0160. The zero-order valence-electron chi connectivity index (χ0n) is 16.6. The van der Waals surface area contributed by atoms with Crippen molar-refractivity contribution in [1.82, 2.24) is 14.9 Å². The second-order valence-corrected chi connectivity index (χ2v) is 9.97. The van der Waals surface area contributed by atoms with Gasteiger partial charge in [0, 0.05) is 18.0 Å². The van der Waals surface area contributed by atoms with E-state index >= 15 is 0 Å². The molecular formula is C20H29N3O2S2. The van der Waals surface area contributed by atoms with Crippen LogP contribution in [0.2, 0.25) is 0 Å². The molecule has 1 aliphatic rings. The van der Waals surface area contributed by atoms with Crippen LogP contribution in [0.25, 0.3) is 10.2 Å². The van der Waals surface area contributed by atoms with Crippen LogP contribution >= 0.6 is 23.1 Å². The Morgan fingerprint density at radius 3 is 2.74 bits per heavy atom. The van der Waals surface area contributed by atoms with E-state index in [1.165, 1.54) is 28.6 Å². The minimum Gasteiger partial charge on any atom is -0.355 e. The second kappa shape index (κ2) is 8.78. The first-order valence-electron chi connectivity index (χ1n) is 9.91. The predicted molar refractivity (Wildman–Crippen MR) is 114 cm³/mol. The normalized spacial score (nSPS) is 15.1. The molecule has 1 atom stereocenters. The van der Waals surface area contributed by atoms with E-state index in [4.69, 9.17) is 4.98 Å². The Morgan fingerprint density at radius 1 is 1.30 bits per heavy atom. The quantitative estimate of drug-likeness (QED) is 0.557. The van der Waals surface area contributed by atoms with Crippen LogP contribution < -0.4 is 10.9 Å². The Kier molecular flexibility index (Phi) is 6.63. The van der Waals surface area contributed by atoms with Crippen molar-refractivity contribution in [3.63, 3.8) is 0 Å². The van der Waals surface area contributed by atoms with Crippen molar-refractivity contribution in [2.24, 2.45) is 5.92 Å². The van der Waals surface area contributed by atoms with E-state index in [2.05, 4.69) is 19.2 Å². The third-order valence-corrected chi connectivity index (χ3v) is 7.25. The van der Waals surface area contributed by atoms with Crippen molar-refractivity contribution < 1.29 is 4.79 Å². The molecule has 0 saturated heterocycles. The van der Waals surface area contributed by atoms with Crippen LogP contribution in [0.5, 0.6) is 0 Å². The number of carbonyl (C=O) groups is 1. The monoisotopic (exact) mass is 407 g/mol. The Labute approximate surface area is 169 Å². The molecule has 0 fully saturated rings. The summed E-state index contributed by atoms with van der Waals surface area (Å²) < 4.78 is 1.81. The van der Waals surface area contributed by atoms with Crippen LogP contribution in [0.1, 0.15) is 57.4 Å². The third kappa shape index (κ3) is 4.40. The average molecular weight is 408 g/mol. The number of aryl methyl sites for hydroxylation is 2. The smallest absolute Gasteiger partial charge is 0.263 e. The van der Waals surface area contributed by atoms with E-state index in [9.17, 15) is 9.59 Å². The van der Waals surface area contributed by atoms with Gasteiger partial charge in [-0.2, -0.15) is 0 Å². The number of hydrogen-bond donors (Lipinski definition) is 1. The number of thioether (sulfide) groups is 1. The lowest BCUT2D eigenvalue weighted by molar-refractivity contribution is -0.120. The molecule has 2 aromatic heterocycles. The molecular weight excluding hydrogens is 378 g/mol. The highest BCUT2D eigenvalue weighted by atomic mass is 32.2. The molecule has 1 amide bonds. The molecule has 148 valence electrons. The zero-order chi connectivity index (χ0) is 19.6. The lowest BCUT2D eigenvalue weighted by Crippen LogP contribution is -2.32. The molecule has 1 aliphatic carbocycles. The Balaban J connectivity index is 2.05. The first kappa shape index (κ1) is 20.4. The summed E-state index contributed by atoms with van der Waals surface area (Å²) in [7, 11) is 0. The van der Waals surface area contributed by atoms with Crippen LogP contribution in [0, 0.1) is 5.92 Å². The van der Waals surface area contributed by atoms with Gasteiger partial charge >= 0.3 is 0 Å². The molecule has 7 heteroatoms. The Bertz CT molecular complexity index is 885. The van der Waals surface area contributed by atoms with Crippen molar-refractivity contribution in [2.45, 2.75) is 76.8 Å². The van der Waals surface area contributed by atoms with Gasteiger partial charge in [-0.25, -0.2) is 4.98 Å². The third-order valence-electron chi connectivity index (χ3n) is 4.97. The number of hydrogen-bond acceptors (Lipinski definition) is 5. The molecule has 1 N–H and O–H groups in total. The fourth-order valence-corrected chi connectivity index (χ4v) is 5.69. The summed E-state index contributed by atoms with van der Waals surface area (Å²) in [6, 6.07) is 0. The van der Waals surface area contributed by atoms with Crippen LogP contribution in [-0.2, 0) is 24.2 Å². The molecule has 0 spiro atoms. The number of thiophene rings is 1. The first-order chi connectivity index (χ1) is 12.9. The van der Waals surface area contributed by atoms with Crippen LogP contribution in [0.3, 0.4) is 0 Å². The summed E-state index contributed by atoms with van der Waals surface area (Å²) in [6.07, 6.45) is 5.30. The molecule has 0 radical (unpaired) electrons. The van der Waals surface area contributed by atoms with Crippen molar-refractivity contribution in [1.29, 1.82) is 0 Å². The lowest BCUT2D eigenvalue weighted by atomic mass is 9.97. The molecule has 27 heavy (non-hydrogen) atoms. The number of nitrogens with zero attached hydrogens (tertiary/aromatic N) is 2. The van der Waals surface area contributed by atoms with Gasteiger partial charge in [-0.15, -0.1) is 11.3 Å². The summed E-state index contributed by atoms with van der Waals surface area (Å²) in [5, 5.41) is 4.07. The highest BCUT2D eigenvalue weighted by Crippen LogP contribution is 2.35. The zero-order valence-corrected chi connectivity index (χ0v) is 18.3. The van der Waals surface area contributed by atoms with E-state index in [1.54, 1.807) is 11.3 Å². The van der Waals surface area contributed by atoms with Crippen molar-refractivity contribution in [2.75, 3.05) is 6.54 Å². The van der Waals surface area contributed by atoms with Crippen molar-refractivity contribution in [3.05, 3.63) is 20.8 Å². The molecule has 2 aromatic rings. The fraction of sp³-hybridized carbons (Fsp3) is 0.650. The SMILES string of the molecule is CCNC(=O)[C@H](C)Sc1nc2sc3c(c2c(=O)n1CCC(C)C)CCCC3. The molecule has 0 aromatic carbocycles. The minimum atomic E-state index is -0.283. The maximum absolute atomic E-state index is 13.4. The van der Waals surface area contributed by atoms with E-state index in [0.29, 0.717) is 24.2 Å². The van der Waals surface area contributed by atoms with E-state index in [-0.39, 0.29) is 16.7 Å². The summed E-state index contributed by atoms with van der Waals surface area (Å²) in [4.78, 5) is 32.6. The van der Waals surface area contributed by atoms with E-state index in [1.807, 2.05) is 18.4 Å². The van der Waals surface area contributed by atoms with Crippen LogP contribution in [-0.4, -0.2) is 27.3 Å². The van der Waals surface area contributed by atoms with Gasteiger partial charge in [0.05, 0.1) is 10.6 Å². The molecule has 0 unspecified atom stereocenters. The van der Waals surface area contributed by atoms with E-state index < -0.39 is 0 Å². The van der Waals surface area contributed by atoms with Crippen LogP contribution in [0.15, 0.2) is 9.95 Å². The molecule has 5 nitrogen and oxygen atoms in total. The highest BCUT2D eigenvalue weighted by Gasteiger charge is 2.24. The maximum atomic E-state index is 13.4. The van der Waals surface area contributed by atoms with Gasteiger partial charge in [-0.05, 0) is 57.4 Å². The number of aromatic nitrogens is 2. The first-order valence-corrected chi connectivity index (χ1v) is 11.6. The standard InChI is InChI=1S/C20H29N3O2S2/c1-5-21-17(24)13(4)26-20-22-18-16(14-8-6-7-9-15(14)27-18)19(25)23(20)11-10-12(2)3/h12-13H,5-11H2,1-4H3,(H,21,24)/t13-/m0/s1. The summed E-state index contributed by atoms with van der Waals surface area (Å²) in [5.41, 5.74) is 1.30. The van der Waals surface area contributed by atoms with Gasteiger partial charge < -0.3 is 5.32 Å². The summed E-state index contributed by atoms with van der Waals surface area (Å²) >= 11 is 3.06. The van der Waals surface area contributed by atoms with Gasteiger partial charge in [0.15, 0.2) is 5.16 Å². The summed E-state index contributed by atoms with van der Waals surface area (Å²) in [5.74, 6) is 0.486. The van der Waals surface area contributed by atoms with Gasteiger partial charge in [-0.1, -0.05) is 25.6 Å². The number of carbonyl (C=O) groups excluding carboxylic acids is 1. The molecule has 0 saturated carbocycles. The lowest BCUT2D eigenvalue weighted by Gasteiger charge is -2.16. The average Bonchev–Trinajstić information content (AvgIpc) is 2.99. The largest absolute Gasteiger partial charge is 0.355 e. The topological polar surface area (TPSA) is 64.0 Å². The number of nitrogens with one attached hydrogen (secondary N) is 1. The van der Waals surface area contributed by atoms with Crippen molar-refractivity contribution >= 4 is 39.2 Å². The maximum Gasteiger partial charge on any atom is 0.263 e. The molecule has 0 bridgehead atoms. The summed E-state index contributed by atoms with van der Waals surface area (Å²) in [6.45, 7) is 9.36. The Hall–Kier alpha value is -1.34. The molecule has 2 heterocycles. The van der Waals surface area contributed by atoms with Gasteiger partial charge in [0.2, 0.25) is 5.91 Å². The van der Waals surface area contributed by atoms with Crippen LogP contribution in [0.4, 0.5) is 0 Å². The number of fused-ring (bicyclic) bond motifs is 3. The fourth-order valence-electron chi connectivity index (χ4n) is 3.42.